The maximum atomic E-state index is 12.9. The lowest BCUT2D eigenvalue weighted by molar-refractivity contribution is 0.0720. The minimum absolute atomic E-state index is 0.110. The number of hydrogen-bond donors (Lipinski definition) is 1. The molecule has 28 heavy (non-hydrogen) atoms. The van der Waals surface area contributed by atoms with Gasteiger partial charge in [-0.25, -0.2) is 13.1 Å². The summed E-state index contributed by atoms with van der Waals surface area (Å²) in [6.07, 6.45) is 7.21. The van der Waals surface area contributed by atoms with Gasteiger partial charge >= 0.3 is 0 Å². The predicted octanol–water partition coefficient (Wildman–Crippen LogP) is 3.82. The Labute approximate surface area is 169 Å². The number of carbonyl (C=O) groups excluding carboxylic acids is 1. The summed E-state index contributed by atoms with van der Waals surface area (Å²) in [6.45, 7) is 6.03. The second kappa shape index (κ2) is 10.8. The maximum Gasteiger partial charge on any atom is 0.257 e. The van der Waals surface area contributed by atoms with Crippen LogP contribution in [0.5, 0.6) is 5.75 Å². The van der Waals surface area contributed by atoms with Gasteiger partial charge in [0.1, 0.15) is 5.75 Å². The number of sulfonamides is 1. The van der Waals surface area contributed by atoms with Gasteiger partial charge in [-0.15, -0.1) is 0 Å². The van der Waals surface area contributed by atoms with Crippen molar-refractivity contribution in [1.82, 2.24) is 9.62 Å². The number of benzene rings is 1. The van der Waals surface area contributed by atoms with Crippen molar-refractivity contribution in [3.05, 3.63) is 23.8 Å². The highest BCUT2D eigenvalue weighted by Crippen LogP contribution is 2.25. The zero-order chi connectivity index (χ0) is 20.6. The van der Waals surface area contributed by atoms with E-state index in [4.69, 9.17) is 4.74 Å². The predicted molar refractivity (Wildman–Crippen MR) is 111 cm³/mol. The van der Waals surface area contributed by atoms with Crippen LogP contribution in [0.15, 0.2) is 23.1 Å². The van der Waals surface area contributed by atoms with Crippen molar-refractivity contribution in [1.29, 1.82) is 0 Å². The molecule has 1 fully saturated rings. The Hall–Kier alpha value is -1.60. The first-order chi connectivity index (χ1) is 13.4. The lowest BCUT2D eigenvalue weighted by atomic mass is 10.00. The van der Waals surface area contributed by atoms with Crippen LogP contribution in [0.25, 0.3) is 0 Å². The van der Waals surface area contributed by atoms with Gasteiger partial charge in [-0.3, -0.25) is 4.79 Å². The molecule has 1 amide bonds. The number of nitrogens with one attached hydrogen (secondary N) is 1. The molecule has 0 saturated carbocycles. The smallest absolute Gasteiger partial charge is 0.257 e. The van der Waals surface area contributed by atoms with Crippen molar-refractivity contribution >= 4 is 15.9 Å². The average Bonchev–Trinajstić information content (AvgIpc) is 2.73. The van der Waals surface area contributed by atoms with Crippen LogP contribution in [0.2, 0.25) is 0 Å². The lowest BCUT2D eigenvalue weighted by Gasteiger charge is -2.27. The largest absolute Gasteiger partial charge is 0.496 e. The van der Waals surface area contributed by atoms with Crippen LogP contribution in [0.4, 0.5) is 0 Å². The van der Waals surface area contributed by atoms with E-state index in [1.165, 1.54) is 19.2 Å². The van der Waals surface area contributed by atoms with Gasteiger partial charge in [0.15, 0.2) is 0 Å². The lowest BCUT2D eigenvalue weighted by Crippen LogP contribution is -2.36. The summed E-state index contributed by atoms with van der Waals surface area (Å²) >= 11 is 0. The summed E-state index contributed by atoms with van der Waals surface area (Å²) in [7, 11) is -2.18. The van der Waals surface area contributed by atoms with Gasteiger partial charge < -0.3 is 9.64 Å². The monoisotopic (exact) mass is 410 g/mol. The Balaban J connectivity index is 2.19. The number of nitrogens with zero attached hydrogens (tertiary/aromatic N) is 1. The molecule has 7 heteroatoms. The molecule has 2 rings (SSSR count). The second-order valence-corrected chi connectivity index (χ2v) is 9.25. The zero-order valence-electron chi connectivity index (χ0n) is 17.4. The van der Waals surface area contributed by atoms with E-state index in [9.17, 15) is 13.2 Å². The van der Waals surface area contributed by atoms with Crippen molar-refractivity contribution < 1.29 is 17.9 Å². The Morgan fingerprint density at radius 3 is 2.54 bits per heavy atom. The average molecular weight is 411 g/mol. The number of amides is 1. The summed E-state index contributed by atoms with van der Waals surface area (Å²) in [4.78, 5) is 14.8. The number of piperidine rings is 1. The third-order valence-corrected chi connectivity index (χ3v) is 6.88. The van der Waals surface area contributed by atoms with E-state index in [1.54, 1.807) is 11.0 Å². The van der Waals surface area contributed by atoms with Gasteiger partial charge in [-0.2, -0.15) is 0 Å². The van der Waals surface area contributed by atoms with Crippen LogP contribution in [-0.2, 0) is 10.0 Å². The summed E-state index contributed by atoms with van der Waals surface area (Å²) in [5.41, 5.74) is 0.310. The minimum Gasteiger partial charge on any atom is -0.496 e. The molecule has 0 aromatic heterocycles. The van der Waals surface area contributed by atoms with E-state index in [0.29, 0.717) is 36.9 Å². The van der Waals surface area contributed by atoms with Gasteiger partial charge in [-0.1, -0.05) is 33.1 Å². The van der Waals surface area contributed by atoms with Crippen LogP contribution >= 0.6 is 0 Å². The molecule has 0 bridgehead atoms. The van der Waals surface area contributed by atoms with Gasteiger partial charge in [0.05, 0.1) is 17.6 Å². The number of unbranched alkanes of at least 4 members (excludes halogenated alkanes) is 1. The van der Waals surface area contributed by atoms with E-state index < -0.39 is 10.0 Å². The number of rotatable bonds is 10. The number of methoxy groups -OCH3 is 1. The number of hydrogen-bond acceptors (Lipinski definition) is 4. The molecule has 1 heterocycles. The first-order valence-corrected chi connectivity index (χ1v) is 11.9. The molecule has 1 aromatic carbocycles. The molecule has 158 valence electrons. The fourth-order valence-corrected chi connectivity index (χ4v) is 4.68. The van der Waals surface area contributed by atoms with E-state index in [-0.39, 0.29) is 10.8 Å². The molecule has 0 unspecified atom stereocenters. The molecule has 0 radical (unpaired) electrons. The highest BCUT2D eigenvalue weighted by molar-refractivity contribution is 7.89. The summed E-state index contributed by atoms with van der Waals surface area (Å²) in [5, 5.41) is 0. The van der Waals surface area contributed by atoms with Crippen LogP contribution in [0, 0.1) is 5.92 Å². The van der Waals surface area contributed by atoms with Crippen LogP contribution in [0.3, 0.4) is 0 Å². The molecule has 1 saturated heterocycles. The first kappa shape index (κ1) is 22.7. The van der Waals surface area contributed by atoms with Crippen molar-refractivity contribution in [3.63, 3.8) is 0 Å². The molecule has 1 atom stereocenters. The van der Waals surface area contributed by atoms with Crippen LogP contribution in [0.1, 0.15) is 69.2 Å². The number of ether oxygens (including phenoxy) is 1. The van der Waals surface area contributed by atoms with Crippen molar-refractivity contribution in [2.24, 2.45) is 5.92 Å². The molecule has 0 aliphatic carbocycles. The van der Waals surface area contributed by atoms with Gasteiger partial charge in [0, 0.05) is 19.6 Å². The fourth-order valence-electron chi connectivity index (χ4n) is 3.54. The second-order valence-electron chi connectivity index (χ2n) is 7.48. The summed E-state index contributed by atoms with van der Waals surface area (Å²) in [5.74, 6) is 0.564. The molecule has 6 nitrogen and oxygen atoms in total. The highest BCUT2D eigenvalue weighted by atomic mass is 32.2. The molecule has 0 spiro atoms. The Bertz CT molecular complexity index is 743. The van der Waals surface area contributed by atoms with E-state index in [1.807, 2.05) is 0 Å². The Morgan fingerprint density at radius 2 is 1.93 bits per heavy atom. The molecular formula is C21H34N2O4S. The van der Waals surface area contributed by atoms with Gasteiger partial charge in [0.2, 0.25) is 10.0 Å². The topological polar surface area (TPSA) is 75.7 Å². The quantitative estimate of drug-likeness (QED) is 0.636. The van der Waals surface area contributed by atoms with Crippen molar-refractivity contribution in [2.75, 3.05) is 26.7 Å². The fraction of sp³-hybridized carbons (Fsp3) is 0.667. The van der Waals surface area contributed by atoms with Gasteiger partial charge in [-0.05, 0) is 49.8 Å². The van der Waals surface area contributed by atoms with Crippen molar-refractivity contribution in [2.45, 2.75) is 63.7 Å². The highest BCUT2D eigenvalue weighted by Gasteiger charge is 2.24. The SMILES string of the molecule is CCCC[C@@H](CC)CNS(=O)(=O)c1ccc(OC)c(C(=O)N2CCCCC2)c1. The molecule has 1 aliphatic rings. The third-order valence-electron chi connectivity index (χ3n) is 5.46. The molecule has 1 aliphatic heterocycles. The van der Waals surface area contributed by atoms with E-state index in [0.717, 1.165) is 44.9 Å². The van der Waals surface area contributed by atoms with Crippen LogP contribution < -0.4 is 9.46 Å². The van der Waals surface area contributed by atoms with E-state index >= 15 is 0 Å². The van der Waals surface area contributed by atoms with Crippen molar-refractivity contribution in [3.8, 4) is 5.75 Å². The normalized spacial score (nSPS) is 16.0. The summed E-state index contributed by atoms with van der Waals surface area (Å²) in [6, 6.07) is 4.52. The maximum absolute atomic E-state index is 12.9. The van der Waals surface area contributed by atoms with E-state index in [2.05, 4.69) is 18.6 Å². The van der Waals surface area contributed by atoms with Gasteiger partial charge in [0.25, 0.3) is 5.91 Å². The molecule has 1 aromatic rings. The van der Waals surface area contributed by atoms with Crippen LogP contribution in [-0.4, -0.2) is 46.0 Å². The molecule has 1 N–H and O–H groups in total. The standard InChI is InChI=1S/C21H34N2O4S/c1-4-6-10-17(5-2)16-22-28(25,26)18-11-12-20(27-3)19(15-18)21(24)23-13-8-7-9-14-23/h11-12,15,17,22H,4-10,13-14,16H2,1-3H3/t17-/m1/s1. The number of carbonyl (C=O) groups is 1. The third kappa shape index (κ3) is 5.95. The zero-order valence-corrected chi connectivity index (χ0v) is 18.2. The first-order valence-electron chi connectivity index (χ1n) is 10.4. The Kier molecular flexibility index (Phi) is 8.76. The minimum atomic E-state index is -3.68. The summed E-state index contributed by atoms with van der Waals surface area (Å²) < 4.78 is 33.6. The molecular weight excluding hydrogens is 376 g/mol. The Morgan fingerprint density at radius 1 is 1.21 bits per heavy atom. The number of likely N-dealkylation sites (tertiary alicyclic amines) is 1.